The molecule has 0 bridgehead atoms. The largest absolute Gasteiger partial charge is 0.357 e. The molecule has 1 aromatic rings. The number of aliphatic imine (C=N–C) groups is 1. The van der Waals surface area contributed by atoms with E-state index >= 15 is 0 Å². The average molecular weight is 461 g/mol. The van der Waals surface area contributed by atoms with Crippen molar-refractivity contribution >= 4 is 35.8 Å². The number of carbonyl (C=O) groups is 1. The van der Waals surface area contributed by atoms with Crippen molar-refractivity contribution < 1.29 is 4.79 Å². The number of amides is 1. The summed E-state index contributed by atoms with van der Waals surface area (Å²) in [6.45, 7) is 7.28. The lowest BCUT2D eigenvalue weighted by atomic mass is 9.99. The van der Waals surface area contributed by atoms with E-state index in [0.29, 0.717) is 18.9 Å². The molecule has 2 aliphatic rings. The number of hydrogen-bond donors (Lipinski definition) is 3. The van der Waals surface area contributed by atoms with Crippen LogP contribution in [-0.2, 0) is 17.8 Å². The molecule has 2 unspecified atom stereocenters. The van der Waals surface area contributed by atoms with Crippen molar-refractivity contribution in [3.05, 3.63) is 11.6 Å². The van der Waals surface area contributed by atoms with Crippen molar-refractivity contribution in [2.75, 3.05) is 19.6 Å². The summed E-state index contributed by atoms with van der Waals surface area (Å²) in [4.78, 5) is 16.0. The molecule has 3 heterocycles. The molecule has 0 radical (unpaired) electrons. The number of nitrogens with one attached hydrogen (secondary N) is 3. The van der Waals surface area contributed by atoms with Gasteiger partial charge in [0.25, 0.3) is 0 Å². The number of aromatic nitrogens is 3. The maximum Gasteiger partial charge on any atom is 0.220 e. The van der Waals surface area contributed by atoms with Crippen LogP contribution in [0.4, 0.5) is 0 Å². The van der Waals surface area contributed by atoms with Crippen molar-refractivity contribution in [1.29, 1.82) is 0 Å². The first-order valence-electron chi connectivity index (χ1n) is 8.86. The number of piperidine rings is 1. The van der Waals surface area contributed by atoms with Gasteiger partial charge in [0.15, 0.2) is 5.96 Å². The van der Waals surface area contributed by atoms with Gasteiger partial charge in [0, 0.05) is 45.1 Å². The second-order valence-corrected chi connectivity index (χ2v) is 6.58. The first-order chi connectivity index (χ1) is 11.7. The van der Waals surface area contributed by atoms with Crippen LogP contribution in [0.5, 0.6) is 0 Å². The number of fused-ring (bicyclic) bond motifs is 1. The third-order valence-corrected chi connectivity index (χ3v) is 4.69. The second-order valence-electron chi connectivity index (χ2n) is 6.58. The quantitative estimate of drug-likeness (QED) is 0.347. The molecule has 0 spiro atoms. The number of nitrogens with zero attached hydrogens (tertiary/aromatic N) is 4. The highest BCUT2D eigenvalue weighted by Crippen LogP contribution is 2.20. The van der Waals surface area contributed by atoms with Gasteiger partial charge in [-0.3, -0.25) is 9.79 Å². The van der Waals surface area contributed by atoms with Gasteiger partial charge in [-0.1, -0.05) is 0 Å². The minimum atomic E-state index is 0. The maximum absolute atomic E-state index is 11.3. The normalized spacial score (nSPS) is 23.3. The molecule has 9 heteroatoms. The van der Waals surface area contributed by atoms with Crippen LogP contribution in [0.25, 0.3) is 0 Å². The van der Waals surface area contributed by atoms with Crippen molar-refractivity contribution in [3.8, 4) is 0 Å². The summed E-state index contributed by atoms with van der Waals surface area (Å²) < 4.78 is 2.21. The molecule has 3 rings (SSSR count). The van der Waals surface area contributed by atoms with Gasteiger partial charge in [0.1, 0.15) is 11.6 Å². The molecule has 1 aromatic heterocycles. The fraction of sp³-hybridized carbons (Fsp3) is 0.750. The molecule has 0 aliphatic carbocycles. The van der Waals surface area contributed by atoms with Gasteiger partial charge in [0.2, 0.25) is 5.91 Å². The van der Waals surface area contributed by atoms with Crippen LogP contribution in [-0.4, -0.2) is 52.3 Å². The van der Waals surface area contributed by atoms with Gasteiger partial charge in [-0.2, -0.15) is 0 Å². The van der Waals surface area contributed by atoms with E-state index in [1.54, 1.807) is 0 Å². The lowest BCUT2D eigenvalue weighted by Crippen LogP contribution is -2.51. The predicted octanol–water partition coefficient (Wildman–Crippen LogP) is 0.601. The van der Waals surface area contributed by atoms with Crippen molar-refractivity contribution in [3.63, 3.8) is 0 Å². The Morgan fingerprint density at radius 3 is 2.92 bits per heavy atom. The van der Waals surface area contributed by atoms with E-state index in [1.165, 1.54) is 0 Å². The summed E-state index contributed by atoms with van der Waals surface area (Å²) in [5.74, 6) is 3.56. The van der Waals surface area contributed by atoms with Crippen molar-refractivity contribution in [1.82, 2.24) is 30.7 Å². The molecule has 1 fully saturated rings. The second kappa shape index (κ2) is 9.35. The van der Waals surface area contributed by atoms with E-state index in [4.69, 9.17) is 4.99 Å². The maximum atomic E-state index is 11.3. The van der Waals surface area contributed by atoms with Gasteiger partial charge in [0.05, 0.1) is 0 Å². The molecule has 0 aromatic carbocycles. The van der Waals surface area contributed by atoms with E-state index in [0.717, 1.165) is 56.5 Å². The van der Waals surface area contributed by atoms with Gasteiger partial charge in [-0.15, -0.1) is 34.2 Å². The third kappa shape index (κ3) is 5.29. The topological polar surface area (TPSA) is 96.2 Å². The number of hydrogen-bond acceptors (Lipinski definition) is 4. The van der Waals surface area contributed by atoms with Crippen LogP contribution in [0.15, 0.2) is 4.99 Å². The monoisotopic (exact) mass is 461 g/mol. The van der Waals surface area contributed by atoms with Crippen LogP contribution < -0.4 is 16.0 Å². The summed E-state index contributed by atoms with van der Waals surface area (Å²) in [6, 6.07) is 0.249. The summed E-state index contributed by atoms with van der Waals surface area (Å²) in [7, 11) is 0. The van der Waals surface area contributed by atoms with Crippen LogP contribution in [0, 0.1) is 12.8 Å². The zero-order valence-electron chi connectivity index (χ0n) is 14.9. The molecule has 140 valence electrons. The number of aryl methyl sites for hydroxylation is 2. The lowest BCUT2D eigenvalue weighted by molar-refractivity contribution is -0.122. The number of guanidine groups is 1. The van der Waals surface area contributed by atoms with E-state index in [9.17, 15) is 4.79 Å². The van der Waals surface area contributed by atoms with Gasteiger partial charge in [-0.25, -0.2) is 0 Å². The Morgan fingerprint density at radius 1 is 1.36 bits per heavy atom. The first-order valence-corrected chi connectivity index (χ1v) is 8.86. The molecule has 0 saturated carbocycles. The zero-order valence-corrected chi connectivity index (χ0v) is 17.2. The van der Waals surface area contributed by atoms with Gasteiger partial charge < -0.3 is 20.5 Å². The molecule has 2 aliphatic heterocycles. The van der Waals surface area contributed by atoms with Crippen molar-refractivity contribution in [2.45, 2.75) is 52.1 Å². The fourth-order valence-corrected chi connectivity index (χ4v) is 3.27. The Hall–Kier alpha value is -1.39. The highest BCUT2D eigenvalue weighted by atomic mass is 127. The molecular weight excluding hydrogens is 433 g/mol. The minimum absolute atomic E-state index is 0. The van der Waals surface area contributed by atoms with E-state index < -0.39 is 0 Å². The summed E-state index contributed by atoms with van der Waals surface area (Å²) in [6.07, 6.45) is 3.50. The zero-order chi connectivity index (χ0) is 16.9. The summed E-state index contributed by atoms with van der Waals surface area (Å²) in [5.41, 5.74) is 0. The number of halogens is 1. The minimum Gasteiger partial charge on any atom is -0.357 e. The predicted molar refractivity (Wildman–Crippen MR) is 107 cm³/mol. The van der Waals surface area contributed by atoms with Gasteiger partial charge >= 0.3 is 0 Å². The Kier molecular flexibility index (Phi) is 7.45. The number of carbonyl (C=O) groups excluding carboxylic acids is 1. The Labute approximate surface area is 165 Å². The van der Waals surface area contributed by atoms with Gasteiger partial charge in [-0.05, 0) is 32.6 Å². The Balaban J connectivity index is 0.00000225. The van der Waals surface area contributed by atoms with E-state index in [1.807, 2.05) is 6.92 Å². The van der Waals surface area contributed by atoms with Crippen LogP contribution in [0.1, 0.15) is 37.8 Å². The van der Waals surface area contributed by atoms with E-state index in [2.05, 4.69) is 37.6 Å². The Bertz CT molecular complexity index is 606. The Morgan fingerprint density at radius 2 is 2.20 bits per heavy atom. The molecule has 1 amide bonds. The fourth-order valence-electron chi connectivity index (χ4n) is 3.27. The van der Waals surface area contributed by atoms with Crippen LogP contribution >= 0.6 is 24.0 Å². The van der Waals surface area contributed by atoms with Crippen LogP contribution in [0.3, 0.4) is 0 Å². The molecule has 1 saturated heterocycles. The highest BCUT2D eigenvalue weighted by Gasteiger charge is 2.22. The standard InChI is InChI=1S/C16H27N7O.HI/c1-3-17-16(20-13-5-7-15(24)18-9-13)19-8-12-4-6-14-22-21-11(2)23(14)10-12;/h12-13H,3-10H2,1-2H3,(H,18,24)(H2,17,19,20);1H. The molecular formula is C16H28IN7O. The highest BCUT2D eigenvalue weighted by molar-refractivity contribution is 14.0. The molecule has 2 atom stereocenters. The number of rotatable bonds is 4. The van der Waals surface area contributed by atoms with E-state index in [-0.39, 0.29) is 35.9 Å². The summed E-state index contributed by atoms with van der Waals surface area (Å²) >= 11 is 0. The SMILES string of the molecule is CCNC(=NCC1CCc2nnc(C)n2C1)NC1CCC(=O)NC1.I. The first kappa shape index (κ1) is 19.9. The summed E-state index contributed by atoms with van der Waals surface area (Å²) in [5, 5.41) is 18.0. The van der Waals surface area contributed by atoms with Crippen LogP contribution in [0.2, 0.25) is 0 Å². The smallest absolute Gasteiger partial charge is 0.220 e. The van der Waals surface area contributed by atoms with Crippen molar-refractivity contribution in [2.24, 2.45) is 10.9 Å². The molecule has 8 nitrogen and oxygen atoms in total. The third-order valence-electron chi connectivity index (χ3n) is 4.69. The average Bonchev–Trinajstić information content (AvgIpc) is 2.96. The molecule has 25 heavy (non-hydrogen) atoms. The lowest BCUT2D eigenvalue weighted by Gasteiger charge is -2.26. The molecule has 3 N–H and O–H groups in total.